The fraction of sp³-hybridized carbons (Fsp3) is 0.312. The van der Waals surface area contributed by atoms with Gasteiger partial charge in [-0.2, -0.15) is 0 Å². The Morgan fingerprint density at radius 1 is 1.02 bits per heavy atom. The first-order chi connectivity index (χ1) is 19.5. The molecule has 1 aliphatic heterocycles. The maximum absolute atomic E-state index is 14.6. The van der Waals surface area contributed by atoms with Crippen molar-refractivity contribution in [2.75, 3.05) is 13.1 Å². The van der Waals surface area contributed by atoms with E-state index in [1.807, 2.05) is 47.6 Å². The summed E-state index contributed by atoms with van der Waals surface area (Å²) in [4.78, 5) is 20.2. The zero-order chi connectivity index (χ0) is 27.6. The molecule has 1 atom stereocenters. The van der Waals surface area contributed by atoms with Gasteiger partial charge < -0.3 is 9.47 Å². The average molecular weight is 554 g/mol. The van der Waals surface area contributed by atoms with Crippen LogP contribution in [0.5, 0.6) is 0 Å². The van der Waals surface area contributed by atoms with E-state index in [0.717, 1.165) is 48.8 Å². The summed E-state index contributed by atoms with van der Waals surface area (Å²) in [5, 5.41) is 9.98. The molecule has 0 bridgehead atoms. The number of aromatic nitrogens is 4. The average Bonchev–Trinajstić information content (AvgIpc) is 3.26. The molecule has 1 aliphatic rings. The summed E-state index contributed by atoms with van der Waals surface area (Å²) in [5.41, 5.74) is 5.29. The molecular weight excluding hydrogens is 521 g/mol. The minimum Gasteiger partial charge on any atom is -0.342 e. The van der Waals surface area contributed by atoms with Crippen LogP contribution in [0.25, 0.3) is 22.1 Å². The number of likely N-dealkylation sites (tertiary alicyclic amines) is 1. The van der Waals surface area contributed by atoms with E-state index in [1.54, 1.807) is 12.1 Å². The molecule has 1 fully saturated rings. The Bertz CT molecular complexity index is 1660. The number of thioether (sulfide) groups is 1. The molecule has 0 aliphatic carbocycles. The Morgan fingerprint density at radius 3 is 2.55 bits per heavy atom. The third kappa shape index (κ3) is 5.45. The van der Waals surface area contributed by atoms with Crippen LogP contribution in [0.3, 0.4) is 0 Å². The molecule has 2 aromatic heterocycles. The Balaban J connectivity index is 1.20. The predicted molar refractivity (Wildman–Crippen MR) is 158 cm³/mol. The summed E-state index contributed by atoms with van der Waals surface area (Å²) < 4.78 is 16.6. The van der Waals surface area contributed by atoms with E-state index in [-0.39, 0.29) is 17.0 Å². The standard InChI is InChI=1S/C32H32FN5OS/c1-21-12-13-28-26(18-21)29-30(38(28)20-25-10-6-7-11-27(25)33)34-32(36-35-29)40-22(2)31(39)37-16-14-24(15-17-37)19-23-8-4-3-5-9-23/h3-13,18,22,24H,14-17,19-20H2,1-2H3. The summed E-state index contributed by atoms with van der Waals surface area (Å²) in [7, 11) is 0. The van der Waals surface area contributed by atoms with E-state index in [4.69, 9.17) is 4.98 Å². The summed E-state index contributed by atoms with van der Waals surface area (Å²) in [5.74, 6) is 0.451. The first kappa shape index (κ1) is 26.4. The number of carbonyl (C=O) groups is 1. The van der Waals surface area contributed by atoms with Crippen LogP contribution in [0.1, 0.15) is 36.5 Å². The van der Waals surface area contributed by atoms with Gasteiger partial charge in [0.05, 0.1) is 17.3 Å². The Morgan fingerprint density at radius 2 is 1.77 bits per heavy atom. The van der Waals surface area contributed by atoms with E-state index < -0.39 is 0 Å². The normalized spacial score (nSPS) is 15.1. The molecule has 0 radical (unpaired) electrons. The predicted octanol–water partition coefficient (Wildman–Crippen LogP) is 6.44. The number of hydrogen-bond acceptors (Lipinski definition) is 5. The SMILES string of the molecule is Cc1ccc2c(c1)c1nnc(SC(C)C(=O)N3CCC(Cc4ccccc4)CC3)nc1n2Cc1ccccc1F. The molecule has 3 aromatic carbocycles. The monoisotopic (exact) mass is 553 g/mol. The number of fused-ring (bicyclic) bond motifs is 3. The first-order valence-corrected chi connectivity index (χ1v) is 14.7. The molecule has 0 saturated carbocycles. The highest BCUT2D eigenvalue weighted by Crippen LogP contribution is 2.31. The van der Waals surface area contributed by atoms with Crippen LogP contribution < -0.4 is 0 Å². The number of aryl methyl sites for hydroxylation is 1. The molecule has 3 heterocycles. The van der Waals surface area contributed by atoms with Gasteiger partial charge >= 0.3 is 0 Å². The van der Waals surface area contributed by atoms with E-state index in [0.29, 0.717) is 34.3 Å². The van der Waals surface area contributed by atoms with Gasteiger partial charge in [0, 0.05) is 24.0 Å². The van der Waals surface area contributed by atoms with Crippen molar-refractivity contribution in [2.24, 2.45) is 5.92 Å². The second-order valence-corrected chi connectivity index (χ2v) is 12.0. The van der Waals surface area contributed by atoms with E-state index in [1.165, 1.54) is 23.4 Å². The van der Waals surface area contributed by atoms with Crippen LogP contribution in [0.2, 0.25) is 0 Å². The number of halogens is 1. The van der Waals surface area contributed by atoms with E-state index >= 15 is 0 Å². The lowest BCUT2D eigenvalue weighted by atomic mass is 9.90. The fourth-order valence-corrected chi connectivity index (χ4v) is 6.43. The highest BCUT2D eigenvalue weighted by atomic mass is 32.2. The quantitative estimate of drug-likeness (QED) is 0.217. The number of rotatable bonds is 7. The molecule has 1 saturated heterocycles. The number of amides is 1. The number of benzene rings is 3. The highest BCUT2D eigenvalue weighted by molar-refractivity contribution is 8.00. The van der Waals surface area contributed by atoms with Crippen LogP contribution in [0.4, 0.5) is 4.39 Å². The first-order valence-electron chi connectivity index (χ1n) is 13.8. The second-order valence-electron chi connectivity index (χ2n) is 10.7. The van der Waals surface area contributed by atoms with Gasteiger partial charge in [0.2, 0.25) is 11.1 Å². The molecule has 6 nitrogen and oxygen atoms in total. The third-order valence-electron chi connectivity index (χ3n) is 7.81. The van der Waals surface area contributed by atoms with Crippen molar-refractivity contribution < 1.29 is 9.18 Å². The Labute approximate surface area is 237 Å². The zero-order valence-electron chi connectivity index (χ0n) is 22.8. The maximum atomic E-state index is 14.6. The molecule has 204 valence electrons. The number of carbonyl (C=O) groups excluding carboxylic acids is 1. The molecule has 8 heteroatoms. The lowest BCUT2D eigenvalue weighted by molar-refractivity contribution is -0.131. The largest absolute Gasteiger partial charge is 0.342 e. The van der Waals surface area contributed by atoms with Crippen molar-refractivity contribution in [2.45, 2.75) is 50.1 Å². The van der Waals surface area contributed by atoms with Crippen LogP contribution in [0, 0.1) is 18.7 Å². The minimum atomic E-state index is -0.337. The van der Waals surface area contributed by atoms with Crippen molar-refractivity contribution in [3.8, 4) is 0 Å². The highest BCUT2D eigenvalue weighted by Gasteiger charge is 2.28. The lowest BCUT2D eigenvalue weighted by Gasteiger charge is -2.33. The van der Waals surface area contributed by atoms with Gasteiger partial charge in [-0.15, -0.1) is 10.2 Å². The lowest BCUT2D eigenvalue weighted by Crippen LogP contribution is -2.42. The molecular formula is C32H32FN5OS. The smallest absolute Gasteiger partial charge is 0.235 e. The van der Waals surface area contributed by atoms with Gasteiger partial charge in [-0.1, -0.05) is 71.9 Å². The Hall–Kier alpha value is -3.78. The molecule has 0 spiro atoms. The van der Waals surface area contributed by atoms with Crippen LogP contribution in [0.15, 0.2) is 78.0 Å². The van der Waals surface area contributed by atoms with Crippen molar-refractivity contribution in [3.05, 3.63) is 95.3 Å². The molecule has 1 unspecified atom stereocenters. The van der Waals surface area contributed by atoms with Crippen LogP contribution in [-0.2, 0) is 17.8 Å². The molecule has 40 heavy (non-hydrogen) atoms. The molecule has 5 aromatic rings. The summed E-state index contributed by atoms with van der Waals surface area (Å²) in [6.07, 6.45) is 3.09. The van der Waals surface area contributed by atoms with E-state index in [2.05, 4.69) is 40.5 Å². The third-order valence-corrected chi connectivity index (χ3v) is 8.75. The number of piperidine rings is 1. The van der Waals surface area contributed by atoms with Gasteiger partial charge in [-0.05, 0) is 62.8 Å². The number of hydrogen-bond donors (Lipinski definition) is 0. The van der Waals surface area contributed by atoms with Crippen molar-refractivity contribution >= 4 is 39.7 Å². The fourth-order valence-electron chi connectivity index (χ4n) is 5.63. The van der Waals surface area contributed by atoms with Crippen molar-refractivity contribution in [1.82, 2.24) is 24.6 Å². The van der Waals surface area contributed by atoms with Gasteiger partial charge in [-0.25, -0.2) is 9.37 Å². The van der Waals surface area contributed by atoms with Crippen molar-refractivity contribution in [3.63, 3.8) is 0 Å². The number of nitrogens with zero attached hydrogens (tertiary/aromatic N) is 5. The van der Waals surface area contributed by atoms with Crippen molar-refractivity contribution in [1.29, 1.82) is 0 Å². The summed E-state index contributed by atoms with van der Waals surface area (Å²) in [6.45, 7) is 5.81. The van der Waals surface area contributed by atoms with E-state index in [9.17, 15) is 9.18 Å². The van der Waals surface area contributed by atoms with Gasteiger partial charge in [0.15, 0.2) is 5.65 Å². The minimum absolute atomic E-state index is 0.106. The molecule has 0 N–H and O–H groups in total. The maximum Gasteiger partial charge on any atom is 0.235 e. The Kier molecular flexibility index (Phi) is 7.52. The second kappa shape index (κ2) is 11.4. The zero-order valence-corrected chi connectivity index (χ0v) is 23.6. The molecule has 1 amide bonds. The van der Waals surface area contributed by atoms with Crippen LogP contribution in [-0.4, -0.2) is 48.9 Å². The summed E-state index contributed by atoms with van der Waals surface area (Å²) in [6, 6.07) is 23.5. The summed E-state index contributed by atoms with van der Waals surface area (Å²) >= 11 is 1.33. The molecule has 6 rings (SSSR count). The van der Waals surface area contributed by atoms with Crippen LogP contribution >= 0.6 is 11.8 Å². The van der Waals surface area contributed by atoms with Gasteiger partial charge in [0.25, 0.3) is 0 Å². The topological polar surface area (TPSA) is 63.9 Å². The van der Waals surface area contributed by atoms with Gasteiger partial charge in [-0.3, -0.25) is 4.79 Å². The van der Waals surface area contributed by atoms with Gasteiger partial charge in [0.1, 0.15) is 11.3 Å².